The SMILES string of the molecule is CCOc1ccccc1C(=O)Nc1cccc(-c2nc3ccccc3[nH]2)c1. The number of carbonyl (C=O) groups is 1. The highest BCUT2D eigenvalue weighted by Crippen LogP contribution is 2.24. The number of anilines is 1. The molecular formula is C22H19N3O2. The number of carbonyl (C=O) groups excluding carboxylic acids is 1. The van der Waals surface area contributed by atoms with E-state index in [2.05, 4.69) is 15.3 Å². The predicted molar refractivity (Wildman–Crippen MR) is 107 cm³/mol. The predicted octanol–water partition coefficient (Wildman–Crippen LogP) is 4.88. The summed E-state index contributed by atoms with van der Waals surface area (Å²) in [6, 6.07) is 22.7. The smallest absolute Gasteiger partial charge is 0.259 e. The van der Waals surface area contributed by atoms with Crippen LogP contribution in [0.3, 0.4) is 0 Å². The number of ether oxygens (including phenoxy) is 1. The number of aromatic nitrogens is 2. The van der Waals surface area contributed by atoms with Gasteiger partial charge in [-0.2, -0.15) is 0 Å². The van der Waals surface area contributed by atoms with Crippen LogP contribution >= 0.6 is 0 Å². The summed E-state index contributed by atoms with van der Waals surface area (Å²) in [5, 5.41) is 2.94. The van der Waals surface area contributed by atoms with Crippen molar-refractivity contribution in [3.63, 3.8) is 0 Å². The summed E-state index contributed by atoms with van der Waals surface area (Å²) in [5.41, 5.74) is 4.00. The number of nitrogens with one attached hydrogen (secondary N) is 2. The Morgan fingerprint density at radius 2 is 1.85 bits per heavy atom. The fourth-order valence-corrected chi connectivity index (χ4v) is 2.97. The van der Waals surface area contributed by atoms with Crippen LogP contribution in [-0.4, -0.2) is 22.5 Å². The van der Waals surface area contributed by atoms with Crippen molar-refractivity contribution in [3.8, 4) is 17.1 Å². The van der Waals surface area contributed by atoms with Gasteiger partial charge in [0.05, 0.1) is 23.2 Å². The first-order chi connectivity index (χ1) is 13.2. The molecule has 0 radical (unpaired) electrons. The van der Waals surface area contributed by atoms with Crippen molar-refractivity contribution in [2.75, 3.05) is 11.9 Å². The molecule has 0 spiro atoms. The van der Waals surface area contributed by atoms with Gasteiger partial charge in [0, 0.05) is 11.3 Å². The number of nitrogens with zero attached hydrogens (tertiary/aromatic N) is 1. The van der Waals surface area contributed by atoms with Gasteiger partial charge in [-0.25, -0.2) is 4.98 Å². The molecule has 0 fully saturated rings. The van der Waals surface area contributed by atoms with E-state index in [9.17, 15) is 4.79 Å². The number of rotatable bonds is 5. The summed E-state index contributed by atoms with van der Waals surface area (Å²) in [7, 11) is 0. The second kappa shape index (κ2) is 7.33. The third kappa shape index (κ3) is 3.53. The zero-order chi connectivity index (χ0) is 18.6. The van der Waals surface area contributed by atoms with Crippen LogP contribution < -0.4 is 10.1 Å². The van der Waals surface area contributed by atoms with Crippen molar-refractivity contribution in [1.29, 1.82) is 0 Å². The van der Waals surface area contributed by atoms with E-state index in [4.69, 9.17) is 4.74 Å². The first-order valence-corrected chi connectivity index (χ1v) is 8.83. The summed E-state index contributed by atoms with van der Waals surface area (Å²) >= 11 is 0. The van der Waals surface area contributed by atoms with Gasteiger partial charge in [-0.05, 0) is 43.3 Å². The molecule has 3 aromatic carbocycles. The lowest BCUT2D eigenvalue weighted by molar-refractivity contribution is 0.102. The molecule has 0 unspecified atom stereocenters. The lowest BCUT2D eigenvalue weighted by Crippen LogP contribution is -2.13. The topological polar surface area (TPSA) is 67.0 Å². The van der Waals surface area contributed by atoms with Gasteiger partial charge in [-0.3, -0.25) is 4.79 Å². The van der Waals surface area contributed by atoms with Crippen molar-refractivity contribution in [1.82, 2.24) is 9.97 Å². The Hall–Kier alpha value is -3.60. The normalized spacial score (nSPS) is 10.7. The van der Waals surface area contributed by atoms with Gasteiger partial charge in [-0.15, -0.1) is 0 Å². The number of hydrogen-bond donors (Lipinski definition) is 2. The van der Waals surface area contributed by atoms with Crippen LogP contribution in [0, 0.1) is 0 Å². The highest BCUT2D eigenvalue weighted by atomic mass is 16.5. The van der Waals surface area contributed by atoms with E-state index in [0.29, 0.717) is 23.6 Å². The number of imidazole rings is 1. The number of amides is 1. The molecule has 1 aromatic heterocycles. The zero-order valence-electron chi connectivity index (χ0n) is 14.9. The van der Waals surface area contributed by atoms with E-state index in [-0.39, 0.29) is 5.91 Å². The Morgan fingerprint density at radius 3 is 2.70 bits per heavy atom. The Balaban J connectivity index is 1.60. The number of hydrogen-bond acceptors (Lipinski definition) is 3. The highest BCUT2D eigenvalue weighted by Gasteiger charge is 2.13. The molecule has 134 valence electrons. The van der Waals surface area contributed by atoms with Crippen molar-refractivity contribution >= 4 is 22.6 Å². The van der Waals surface area contributed by atoms with Gasteiger partial charge in [0.1, 0.15) is 11.6 Å². The molecule has 1 amide bonds. The number of fused-ring (bicyclic) bond motifs is 1. The molecule has 4 rings (SSSR count). The maximum Gasteiger partial charge on any atom is 0.259 e. The third-order valence-electron chi connectivity index (χ3n) is 4.21. The summed E-state index contributed by atoms with van der Waals surface area (Å²) in [6.45, 7) is 2.40. The van der Waals surface area contributed by atoms with Crippen molar-refractivity contribution < 1.29 is 9.53 Å². The van der Waals surface area contributed by atoms with Crippen LogP contribution in [0.1, 0.15) is 17.3 Å². The Labute approximate surface area is 157 Å². The molecular weight excluding hydrogens is 338 g/mol. The standard InChI is InChI=1S/C22H19N3O2/c1-2-27-20-13-6-3-10-17(20)22(26)23-16-9-7-8-15(14-16)21-24-18-11-4-5-12-19(18)25-21/h3-14H,2H2,1H3,(H,23,26)(H,24,25). The van der Waals surface area contributed by atoms with Gasteiger partial charge < -0.3 is 15.0 Å². The quantitative estimate of drug-likeness (QED) is 0.535. The Kier molecular flexibility index (Phi) is 4.58. The summed E-state index contributed by atoms with van der Waals surface area (Å²) in [4.78, 5) is 20.6. The molecule has 1 heterocycles. The fraction of sp³-hybridized carbons (Fsp3) is 0.0909. The minimum Gasteiger partial charge on any atom is -0.493 e. The van der Waals surface area contributed by atoms with Crippen LogP contribution in [0.2, 0.25) is 0 Å². The maximum atomic E-state index is 12.7. The van der Waals surface area contributed by atoms with E-state index in [1.54, 1.807) is 12.1 Å². The average molecular weight is 357 g/mol. The van der Waals surface area contributed by atoms with Crippen LogP contribution in [0.4, 0.5) is 5.69 Å². The molecule has 5 heteroatoms. The van der Waals surface area contributed by atoms with Crippen molar-refractivity contribution in [2.45, 2.75) is 6.92 Å². The van der Waals surface area contributed by atoms with Crippen LogP contribution in [-0.2, 0) is 0 Å². The molecule has 0 bridgehead atoms. The van der Waals surface area contributed by atoms with Gasteiger partial charge in [-0.1, -0.05) is 36.4 Å². The van der Waals surface area contributed by atoms with E-state index >= 15 is 0 Å². The highest BCUT2D eigenvalue weighted by molar-refractivity contribution is 6.06. The molecule has 0 aliphatic carbocycles. The lowest BCUT2D eigenvalue weighted by atomic mass is 10.1. The van der Waals surface area contributed by atoms with Gasteiger partial charge in [0.15, 0.2) is 0 Å². The monoisotopic (exact) mass is 357 g/mol. The minimum absolute atomic E-state index is 0.208. The van der Waals surface area contributed by atoms with Crippen LogP contribution in [0.15, 0.2) is 72.8 Å². The molecule has 0 saturated carbocycles. The summed E-state index contributed by atoms with van der Waals surface area (Å²) in [6.07, 6.45) is 0. The second-order valence-electron chi connectivity index (χ2n) is 6.07. The van der Waals surface area contributed by atoms with Gasteiger partial charge >= 0.3 is 0 Å². The number of aromatic amines is 1. The maximum absolute atomic E-state index is 12.7. The Morgan fingerprint density at radius 1 is 1.04 bits per heavy atom. The molecule has 0 saturated heterocycles. The summed E-state index contributed by atoms with van der Waals surface area (Å²) in [5.74, 6) is 1.13. The molecule has 0 atom stereocenters. The molecule has 27 heavy (non-hydrogen) atoms. The van der Waals surface area contributed by atoms with Crippen LogP contribution in [0.25, 0.3) is 22.4 Å². The van der Waals surface area contributed by atoms with Crippen LogP contribution in [0.5, 0.6) is 5.75 Å². The van der Waals surface area contributed by atoms with E-state index < -0.39 is 0 Å². The fourth-order valence-electron chi connectivity index (χ4n) is 2.97. The van der Waals surface area contributed by atoms with Crippen molar-refractivity contribution in [2.24, 2.45) is 0 Å². The van der Waals surface area contributed by atoms with Gasteiger partial charge in [0.25, 0.3) is 5.91 Å². The largest absolute Gasteiger partial charge is 0.493 e. The number of H-pyrrole nitrogens is 1. The first kappa shape index (κ1) is 16.8. The molecule has 2 N–H and O–H groups in total. The van der Waals surface area contributed by atoms with E-state index in [1.165, 1.54) is 0 Å². The van der Waals surface area contributed by atoms with Crippen molar-refractivity contribution in [3.05, 3.63) is 78.4 Å². The van der Waals surface area contributed by atoms with Gasteiger partial charge in [0.2, 0.25) is 0 Å². The summed E-state index contributed by atoms with van der Waals surface area (Å²) < 4.78 is 5.55. The molecule has 0 aliphatic rings. The Bertz CT molecular complexity index is 1070. The lowest BCUT2D eigenvalue weighted by Gasteiger charge is -2.11. The molecule has 0 aliphatic heterocycles. The average Bonchev–Trinajstić information content (AvgIpc) is 3.13. The second-order valence-corrected chi connectivity index (χ2v) is 6.07. The first-order valence-electron chi connectivity index (χ1n) is 8.83. The minimum atomic E-state index is -0.208. The number of benzene rings is 3. The molecule has 4 aromatic rings. The third-order valence-corrected chi connectivity index (χ3v) is 4.21. The molecule has 5 nitrogen and oxygen atoms in total. The number of para-hydroxylation sites is 3. The zero-order valence-corrected chi connectivity index (χ0v) is 14.9. The van der Waals surface area contributed by atoms with E-state index in [1.807, 2.05) is 67.6 Å². The van der Waals surface area contributed by atoms with E-state index in [0.717, 1.165) is 22.4 Å².